The first-order valence-corrected chi connectivity index (χ1v) is 8.96. The lowest BCUT2D eigenvalue weighted by atomic mass is 10.3. The molecule has 140 valence electrons. The number of amides is 2. The van der Waals surface area contributed by atoms with E-state index >= 15 is 0 Å². The molecule has 0 saturated carbocycles. The maximum atomic E-state index is 13.5. The van der Waals surface area contributed by atoms with Gasteiger partial charge in [-0.2, -0.15) is 0 Å². The normalized spacial score (nSPS) is 10.3. The van der Waals surface area contributed by atoms with Gasteiger partial charge in [0.1, 0.15) is 12.4 Å². The second-order valence-corrected chi connectivity index (χ2v) is 6.32. The average Bonchev–Trinajstić information content (AvgIpc) is 3.10. The summed E-state index contributed by atoms with van der Waals surface area (Å²) in [6.07, 6.45) is 0. The third-order valence-corrected chi connectivity index (χ3v) is 4.11. The lowest BCUT2D eigenvalue weighted by Gasteiger charge is -2.07. The highest BCUT2D eigenvalue weighted by molar-refractivity contribution is 7.15. The number of aromatic nitrogens is 2. The molecule has 3 rings (SSSR count). The zero-order chi connectivity index (χ0) is 19.1. The van der Waals surface area contributed by atoms with E-state index in [4.69, 9.17) is 9.47 Å². The molecule has 3 aromatic rings. The summed E-state index contributed by atoms with van der Waals surface area (Å²) >= 11 is 1.14. The van der Waals surface area contributed by atoms with E-state index < -0.39 is 11.8 Å². The van der Waals surface area contributed by atoms with Gasteiger partial charge in [0.15, 0.2) is 16.6 Å². The molecule has 1 aromatic heterocycles. The maximum absolute atomic E-state index is 13.5. The first kappa shape index (κ1) is 18.6. The molecule has 2 aromatic carbocycles. The predicted molar refractivity (Wildman–Crippen MR) is 101 cm³/mol. The number of nitrogens with one attached hydrogen (secondary N) is 2. The Balaban J connectivity index is 1.51. The van der Waals surface area contributed by atoms with Crippen molar-refractivity contribution in [3.05, 3.63) is 59.4 Å². The Morgan fingerprint density at radius 1 is 1.07 bits per heavy atom. The number of carbonyl (C=O) groups is 1. The largest absolute Gasteiger partial charge is 0.494 e. The molecule has 0 spiro atoms. The smallest absolute Gasteiger partial charge is 0.325 e. The van der Waals surface area contributed by atoms with Gasteiger partial charge >= 0.3 is 6.03 Å². The first-order valence-electron chi connectivity index (χ1n) is 8.14. The summed E-state index contributed by atoms with van der Waals surface area (Å²) < 4.78 is 24.2. The number of hydrogen-bond acceptors (Lipinski definition) is 6. The maximum Gasteiger partial charge on any atom is 0.325 e. The van der Waals surface area contributed by atoms with Crippen molar-refractivity contribution in [2.45, 2.75) is 13.5 Å². The molecule has 2 amide bonds. The fourth-order valence-corrected chi connectivity index (χ4v) is 2.77. The van der Waals surface area contributed by atoms with Crippen LogP contribution in [0.1, 0.15) is 11.9 Å². The zero-order valence-electron chi connectivity index (χ0n) is 14.4. The number of para-hydroxylation sites is 1. The highest BCUT2D eigenvalue weighted by Gasteiger charge is 2.10. The van der Waals surface area contributed by atoms with Gasteiger partial charge in [-0.15, -0.1) is 10.2 Å². The molecule has 7 nitrogen and oxygen atoms in total. The van der Waals surface area contributed by atoms with Crippen molar-refractivity contribution in [1.82, 2.24) is 10.2 Å². The zero-order valence-corrected chi connectivity index (χ0v) is 15.3. The number of benzene rings is 2. The van der Waals surface area contributed by atoms with E-state index in [9.17, 15) is 9.18 Å². The minimum absolute atomic E-state index is 0.0563. The van der Waals surface area contributed by atoms with Crippen molar-refractivity contribution >= 4 is 28.2 Å². The molecule has 0 unspecified atom stereocenters. The molecule has 0 bridgehead atoms. The fraction of sp³-hybridized carbons (Fsp3) is 0.167. The Kier molecular flexibility index (Phi) is 6.16. The van der Waals surface area contributed by atoms with Gasteiger partial charge in [-0.3, -0.25) is 5.32 Å². The van der Waals surface area contributed by atoms with Crippen molar-refractivity contribution in [2.24, 2.45) is 0 Å². The molecule has 9 heteroatoms. The monoisotopic (exact) mass is 388 g/mol. The Labute approximate surface area is 159 Å². The molecule has 2 N–H and O–H groups in total. The summed E-state index contributed by atoms with van der Waals surface area (Å²) in [4.78, 5) is 12.0. The molecule has 0 radical (unpaired) electrons. The lowest BCUT2D eigenvalue weighted by Crippen LogP contribution is -2.19. The Morgan fingerprint density at radius 3 is 2.59 bits per heavy atom. The number of halogens is 1. The Bertz CT molecular complexity index is 902. The molecule has 0 aliphatic carbocycles. The quantitative estimate of drug-likeness (QED) is 0.630. The van der Waals surface area contributed by atoms with Crippen molar-refractivity contribution < 1.29 is 18.7 Å². The van der Waals surface area contributed by atoms with Gasteiger partial charge in [-0.1, -0.05) is 23.5 Å². The highest BCUT2D eigenvalue weighted by Crippen LogP contribution is 2.21. The summed E-state index contributed by atoms with van der Waals surface area (Å²) in [5.74, 6) is 0.414. The van der Waals surface area contributed by atoms with Crippen molar-refractivity contribution in [2.75, 3.05) is 17.2 Å². The van der Waals surface area contributed by atoms with Crippen molar-refractivity contribution in [3.8, 4) is 11.5 Å². The van der Waals surface area contributed by atoms with E-state index in [-0.39, 0.29) is 12.4 Å². The molecular weight excluding hydrogens is 371 g/mol. The number of rotatable bonds is 7. The number of carbonyl (C=O) groups excluding carboxylic acids is 1. The predicted octanol–water partition coefficient (Wildman–Crippen LogP) is 4.30. The van der Waals surface area contributed by atoms with Crippen LogP contribution < -0.4 is 20.1 Å². The number of nitrogens with zero attached hydrogens (tertiary/aromatic N) is 2. The number of urea groups is 1. The molecule has 0 aliphatic heterocycles. The molecular formula is C18H17FN4O3S. The van der Waals surface area contributed by atoms with Crippen LogP contribution in [0.4, 0.5) is 20.0 Å². The lowest BCUT2D eigenvalue weighted by molar-refractivity contribution is 0.262. The molecule has 0 aliphatic rings. The van der Waals surface area contributed by atoms with Crippen LogP contribution in [-0.4, -0.2) is 22.8 Å². The Hall–Kier alpha value is -3.20. The van der Waals surface area contributed by atoms with Crippen molar-refractivity contribution in [1.29, 1.82) is 0 Å². The van der Waals surface area contributed by atoms with E-state index in [0.29, 0.717) is 22.4 Å². The standard InChI is InChI=1S/C18H17FN4O3S/c1-2-25-13-9-7-12(8-10-13)20-17(24)21-18-23-22-16(27-18)11-26-15-6-4-3-5-14(15)19/h3-10H,2,11H2,1H3,(H2,20,21,23,24). The van der Waals surface area contributed by atoms with Crippen LogP contribution >= 0.6 is 11.3 Å². The first-order chi connectivity index (χ1) is 13.1. The van der Waals surface area contributed by atoms with E-state index in [2.05, 4.69) is 20.8 Å². The molecule has 27 heavy (non-hydrogen) atoms. The van der Waals surface area contributed by atoms with Gasteiger partial charge in [-0.25, -0.2) is 9.18 Å². The summed E-state index contributed by atoms with van der Waals surface area (Å²) in [6.45, 7) is 2.53. The minimum atomic E-state index is -0.449. The topological polar surface area (TPSA) is 85.4 Å². The summed E-state index contributed by atoms with van der Waals surface area (Å²) in [5, 5.41) is 13.9. The van der Waals surface area contributed by atoms with E-state index in [1.165, 1.54) is 12.1 Å². The van der Waals surface area contributed by atoms with Crippen molar-refractivity contribution in [3.63, 3.8) is 0 Å². The van der Waals surface area contributed by atoms with Crippen LogP contribution in [0.2, 0.25) is 0 Å². The van der Waals surface area contributed by atoms with E-state index in [0.717, 1.165) is 17.1 Å². The van der Waals surface area contributed by atoms with Gasteiger partial charge < -0.3 is 14.8 Å². The summed E-state index contributed by atoms with van der Waals surface area (Å²) in [6, 6.07) is 12.7. The van der Waals surface area contributed by atoms with Gasteiger partial charge in [-0.05, 0) is 43.3 Å². The second kappa shape index (κ2) is 8.95. The van der Waals surface area contributed by atoms with E-state index in [1.807, 2.05) is 6.92 Å². The average molecular weight is 388 g/mol. The SMILES string of the molecule is CCOc1ccc(NC(=O)Nc2nnc(COc3ccccc3F)s2)cc1. The van der Waals surface area contributed by atoms with Gasteiger partial charge in [0, 0.05) is 5.69 Å². The van der Waals surface area contributed by atoms with Gasteiger partial charge in [0.25, 0.3) is 0 Å². The third-order valence-electron chi connectivity index (χ3n) is 3.30. The van der Waals surface area contributed by atoms with Crippen LogP contribution in [0.15, 0.2) is 48.5 Å². The molecule has 0 saturated heterocycles. The van der Waals surface area contributed by atoms with Crippen LogP contribution in [-0.2, 0) is 6.61 Å². The third kappa shape index (κ3) is 5.38. The summed E-state index contributed by atoms with van der Waals surface area (Å²) in [7, 11) is 0. The van der Waals surface area contributed by atoms with E-state index in [1.54, 1.807) is 36.4 Å². The van der Waals surface area contributed by atoms with Crippen LogP contribution in [0, 0.1) is 5.82 Å². The highest BCUT2D eigenvalue weighted by atomic mass is 32.1. The van der Waals surface area contributed by atoms with Crippen LogP contribution in [0.3, 0.4) is 0 Å². The van der Waals surface area contributed by atoms with Crippen LogP contribution in [0.5, 0.6) is 11.5 Å². The minimum Gasteiger partial charge on any atom is -0.494 e. The molecule has 1 heterocycles. The number of anilines is 2. The van der Waals surface area contributed by atoms with Crippen LogP contribution in [0.25, 0.3) is 0 Å². The van der Waals surface area contributed by atoms with Gasteiger partial charge in [0.05, 0.1) is 6.61 Å². The fourth-order valence-electron chi connectivity index (χ4n) is 2.12. The Morgan fingerprint density at radius 2 is 1.85 bits per heavy atom. The summed E-state index contributed by atoms with van der Waals surface area (Å²) in [5.41, 5.74) is 0.614. The molecule has 0 atom stereocenters. The number of hydrogen-bond donors (Lipinski definition) is 2. The molecule has 0 fully saturated rings. The second-order valence-electron chi connectivity index (χ2n) is 5.26. The number of ether oxygens (including phenoxy) is 2. The van der Waals surface area contributed by atoms with Gasteiger partial charge in [0.2, 0.25) is 5.13 Å².